The van der Waals surface area contributed by atoms with Crippen LogP contribution in [0.25, 0.3) is 0 Å². The molecule has 1 heterocycles. The van der Waals surface area contributed by atoms with E-state index in [1.807, 2.05) is 0 Å². The Hall–Kier alpha value is -1.64. The van der Waals surface area contributed by atoms with Crippen molar-refractivity contribution in [2.75, 3.05) is 13.2 Å². The normalized spacial score (nSPS) is 15.6. The fraction of sp³-hybridized carbons (Fsp3) is 0.727. The van der Waals surface area contributed by atoms with Gasteiger partial charge in [0.2, 0.25) is 0 Å². The molecule has 0 bridgehead atoms. The van der Waals surface area contributed by atoms with E-state index in [0.29, 0.717) is 18.7 Å². The molecule has 1 aromatic heterocycles. The number of carboxylic acids is 1. The van der Waals surface area contributed by atoms with Crippen LogP contribution < -0.4 is 0 Å². The van der Waals surface area contributed by atoms with Crippen LogP contribution in [0.4, 0.5) is 13.2 Å². The summed E-state index contributed by atoms with van der Waals surface area (Å²) < 4.78 is 41.5. The van der Waals surface area contributed by atoms with Gasteiger partial charge in [-0.1, -0.05) is 5.21 Å². The number of rotatable bonds is 7. The Labute approximate surface area is 112 Å². The van der Waals surface area contributed by atoms with E-state index in [0.717, 1.165) is 12.8 Å². The Kier molecular flexibility index (Phi) is 4.26. The molecule has 0 radical (unpaired) electrons. The summed E-state index contributed by atoms with van der Waals surface area (Å²) in [5, 5.41) is 16.4. The van der Waals surface area contributed by atoms with Crippen LogP contribution in [0.1, 0.15) is 41.4 Å². The molecule has 0 saturated heterocycles. The highest BCUT2D eigenvalue weighted by molar-refractivity contribution is 5.86. The van der Waals surface area contributed by atoms with Gasteiger partial charge < -0.3 is 9.84 Å². The molecule has 1 aliphatic carbocycles. The average molecular weight is 293 g/mol. The molecular weight excluding hydrogens is 279 g/mol. The number of aromatic nitrogens is 3. The maximum absolute atomic E-state index is 11.9. The number of nitrogens with zero attached hydrogens (tertiary/aromatic N) is 3. The highest BCUT2D eigenvalue weighted by Crippen LogP contribution is 2.41. The summed E-state index contributed by atoms with van der Waals surface area (Å²) in [7, 11) is 0. The Morgan fingerprint density at radius 1 is 1.45 bits per heavy atom. The summed E-state index contributed by atoms with van der Waals surface area (Å²) in [6, 6.07) is 0. The third kappa shape index (κ3) is 3.92. The zero-order valence-electron chi connectivity index (χ0n) is 10.6. The van der Waals surface area contributed by atoms with Crippen LogP contribution in [0.15, 0.2) is 0 Å². The van der Waals surface area contributed by atoms with Crippen LogP contribution in [0.2, 0.25) is 0 Å². The minimum Gasteiger partial charge on any atom is -0.476 e. The van der Waals surface area contributed by atoms with Crippen LogP contribution in [0.5, 0.6) is 0 Å². The number of carbonyl (C=O) groups is 1. The van der Waals surface area contributed by atoms with Crippen LogP contribution in [-0.2, 0) is 11.3 Å². The minimum atomic E-state index is -4.33. The van der Waals surface area contributed by atoms with E-state index in [9.17, 15) is 18.0 Å². The van der Waals surface area contributed by atoms with E-state index in [-0.39, 0.29) is 18.2 Å². The van der Waals surface area contributed by atoms with Gasteiger partial charge in [-0.05, 0) is 19.3 Å². The average Bonchev–Trinajstić information content (AvgIpc) is 3.08. The molecule has 0 atom stereocenters. The van der Waals surface area contributed by atoms with Crippen molar-refractivity contribution in [3.63, 3.8) is 0 Å². The molecule has 1 saturated carbocycles. The maximum Gasteiger partial charge on any atom is 0.411 e. The van der Waals surface area contributed by atoms with Crippen molar-refractivity contribution in [1.82, 2.24) is 15.0 Å². The van der Waals surface area contributed by atoms with E-state index in [1.165, 1.54) is 4.68 Å². The van der Waals surface area contributed by atoms with Crippen molar-refractivity contribution in [1.29, 1.82) is 0 Å². The first kappa shape index (κ1) is 14.8. The van der Waals surface area contributed by atoms with Gasteiger partial charge in [-0.25, -0.2) is 9.48 Å². The number of ether oxygens (including phenoxy) is 1. The summed E-state index contributed by atoms with van der Waals surface area (Å²) in [6.45, 7) is -1.05. The van der Waals surface area contributed by atoms with Crippen LogP contribution in [0, 0.1) is 0 Å². The first-order valence-corrected chi connectivity index (χ1v) is 6.19. The predicted octanol–water partition coefficient (Wildman–Crippen LogP) is 1.82. The quantitative estimate of drug-likeness (QED) is 0.776. The molecule has 1 aliphatic rings. The molecule has 0 aromatic carbocycles. The molecule has 20 heavy (non-hydrogen) atoms. The standard InChI is InChI=1S/C11H14F3N3O3/c12-11(13,14)6-20-5-1-4-17-9(7-2-3-7)8(10(18)19)15-16-17/h7H,1-6H2,(H,18,19). The van der Waals surface area contributed by atoms with E-state index >= 15 is 0 Å². The van der Waals surface area contributed by atoms with Gasteiger partial charge in [0.25, 0.3) is 0 Å². The number of hydrogen-bond acceptors (Lipinski definition) is 4. The first-order chi connectivity index (χ1) is 9.38. The van der Waals surface area contributed by atoms with Gasteiger partial charge in [0.05, 0.1) is 5.69 Å². The summed E-state index contributed by atoms with van der Waals surface area (Å²) >= 11 is 0. The monoisotopic (exact) mass is 293 g/mol. The Balaban J connectivity index is 1.85. The highest BCUT2D eigenvalue weighted by Gasteiger charge is 2.33. The van der Waals surface area contributed by atoms with Crippen molar-refractivity contribution in [2.24, 2.45) is 0 Å². The molecule has 0 unspecified atom stereocenters. The molecule has 0 spiro atoms. The van der Waals surface area contributed by atoms with Gasteiger partial charge in [0.15, 0.2) is 5.69 Å². The van der Waals surface area contributed by atoms with E-state index < -0.39 is 18.8 Å². The second-order valence-electron chi connectivity index (χ2n) is 4.65. The summed E-state index contributed by atoms with van der Waals surface area (Å²) in [5.41, 5.74) is 0.497. The van der Waals surface area contributed by atoms with E-state index in [2.05, 4.69) is 15.0 Å². The van der Waals surface area contributed by atoms with Crippen LogP contribution in [-0.4, -0.2) is 45.5 Å². The maximum atomic E-state index is 11.9. The number of aromatic carboxylic acids is 1. The SMILES string of the molecule is O=C(O)c1nnn(CCCOCC(F)(F)F)c1C1CC1. The van der Waals surface area contributed by atoms with Gasteiger partial charge in [-0.15, -0.1) is 5.10 Å². The molecule has 1 aromatic rings. The van der Waals surface area contributed by atoms with Crippen LogP contribution in [0.3, 0.4) is 0 Å². The summed E-state index contributed by atoms with van der Waals surface area (Å²) in [4.78, 5) is 11.0. The topological polar surface area (TPSA) is 77.2 Å². The van der Waals surface area contributed by atoms with Crippen LogP contribution >= 0.6 is 0 Å². The van der Waals surface area contributed by atoms with Crippen molar-refractivity contribution in [3.8, 4) is 0 Å². The number of hydrogen-bond donors (Lipinski definition) is 1. The van der Waals surface area contributed by atoms with Crippen molar-refractivity contribution < 1.29 is 27.8 Å². The second kappa shape index (κ2) is 5.78. The largest absolute Gasteiger partial charge is 0.476 e. The zero-order valence-corrected chi connectivity index (χ0v) is 10.6. The van der Waals surface area contributed by atoms with E-state index in [1.54, 1.807) is 0 Å². The van der Waals surface area contributed by atoms with E-state index in [4.69, 9.17) is 5.11 Å². The fourth-order valence-electron chi connectivity index (χ4n) is 1.90. The molecule has 1 fully saturated rings. The lowest BCUT2D eigenvalue weighted by Crippen LogP contribution is -2.18. The number of halogens is 3. The lowest BCUT2D eigenvalue weighted by Gasteiger charge is -2.08. The molecule has 6 nitrogen and oxygen atoms in total. The van der Waals surface area contributed by atoms with Gasteiger partial charge in [0.1, 0.15) is 6.61 Å². The van der Waals surface area contributed by atoms with Gasteiger partial charge >= 0.3 is 12.1 Å². The third-order valence-electron chi connectivity index (χ3n) is 2.86. The minimum absolute atomic E-state index is 0.0636. The number of aryl methyl sites for hydroxylation is 1. The van der Waals surface area contributed by atoms with Crippen molar-refractivity contribution in [2.45, 2.75) is 37.9 Å². The Morgan fingerprint density at radius 2 is 2.15 bits per heavy atom. The van der Waals surface area contributed by atoms with Gasteiger partial charge in [0, 0.05) is 19.1 Å². The number of alkyl halides is 3. The highest BCUT2D eigenvalue weighted by atomic mass is 19.4. The predicted molar refractivity (Wildman–Crippen MR) is 60.4 cm³/mol. The van der Waals surface area contributed by atoms with Crippen molar-refractivity contribution in [3.05, 3.63) is 11.4 Å². The Bertz CT molecular complexity index is 483. The molecule has 0 aliphatic heterocycles. The molecule has 0 amide bonds. The summed E-state index contributed by atoms with van der Waals surface area (Å²) in [5.74, 6) is -0.987. The third-order valence-corrected chi connectivity index (χ3v) is 2.86. The molecule has 1 N–H and O–H groups in total. The lowest BCUT2D eigenvalue weighted by molar-refractivity contribution is -0.174. The Morgan fingerprint density at radius 3 is 2.70 bits per heavy atom. The fourth-order valence-corrected chi connectivity index (χ4v) is 1.90. The van der Waals surface area contributed by atoms with Crippen molar-refractivity contribution >= 4 is 5.97 Å². The smallest absolute Gasteiger partial charge is 0.411 e. The second-order valence-corrected chi connectivity index (χ2v) is 4.65. The zero-order chi connectivity index (χ0) is 14.8. The first-order valence-electron chi connectivity index (χ1n) is 6.19. The molecular formula is C11H14F3N3O3. The molecule has 112 valence electrons. The molecule has 9 heteroatoms. The summed E-state index contributed by atoms with van der Waals surface area (Å²) in [6.07, 6.45) is -2.24. The number of carboxylic acid groups (broad SMARTS) is 1. The van der Waals surface area contributed by atoms with Gasteiger partial charge in [-0.3, -0.25) is 0 Å². The van der Waals surface area contributed by atoms with Gasteiger partial charge in [-0.2, -0.15) is 13.2 Å². The molecule has 2 rings (SSSR count). The lowest BCUT2D eigenvalue weighted by atomic mass is 10.2.